The van der Waals surface area contributed by atoms with Gasteiger partial charge in [0.2, 0.25) is 0 Å². The summed E-state index contributed by atoms with van der Waals surface area (Å²) < 4.78 is 2.28. The lowest BCUT2D eigenvalue weighted by molar-refractivity contribution is 0.225. The molecule has 364 valence electrons. The minimum atomic E-state index is -0.232. The third-order valence-corrected chi connectivity index (χ3v) is 15.4. The predicted molar refractivity (Wildman–Crippen MR) is 308 cm³/mol. The lowest BCUT2D eigenvalue weighted by Crippen LogP contribution is -2.33. The molecule has 0 unspecified atom stereocenters. The van der Waals surface area contributed by atoms with Crippen LogP contribution in [0, 0.1) is 5.41 Å². The van der Waals surface area contributed by atoms with Gasteiger partial charge >= 0.3 is 0 Å². The van der Waals surface area contributed by atoms with E-state index in [0.29, 0.717) is 11.4 Å². The average Bonchev–Trinajstić information content (AvgIpc) is 3.78. The van der Waals surface area contributed by atoms with E-state index in [1.54, 1.807) is 0 Å². The van der Waals surface area contributed by atoms with Crippen molar-refractivity contribution in [3.63, 3.8) is 0 Å². The molecular weight excluding hydrogens is 887 g/mol. The van der Waals surface area contributed by atoms with E-state index < -0.39 is 0 Å². The van der Waals surface area contributed by atoms with Gasteiger partial charge in [-0.15, -0.1) is 0 Å². The number of benzene rings is 8. The molecule has 0 amide bonds. The number of phenolic OH excluding ortho intramolecular Hbond substituents is 1. The van der Waals surface area contributed by atoms with Crippen molar-refractivity contribution in [3.05, 3.63) is 217 Å². The normalized spacial score (nSPS) is 12.4. The minimum Gasteiger partial charge on any atom is -0.507 e. The highest BCUT2D eigenvalue weighted by Gasteiger charge is 2.34. The van der Waals surface area contributed by atoms with E-state index in [2.05, 4.69) is 257 Å². The fraction of sp³-hybridized carbons (Fsp3) is 0.217. The van der Waals surface area contributed by atoms with E-state index in [1.165, 1.54) is 11.1 Å². The van der Waals surface area contributed by atoms with Gasteiger partial charge in [0.25, 0.3) is 0 Å². The number of para-hydroxylation sites is 1. The standard InChI is InChI=1S/C69H67N3O/c1-66(2,3)54-34-35-61(57(42-54)47-24-17-13-18-25-47)72-62-29-21-28-56(63(62)71-65(72)59-44-55(67(4,5)6)43-58(64(59)73)48-26-19-14-20-27-48)51-38-50(45-22-15-12-16-23-45)39-52(40-51)60-41-49(36-37-70-60)46-30-32-53(33-31-46)69(10,11)68(7,8)9/h12-44,73H,1-11H3. The van der Waals surface area contributed by atoms with Crippen molar-refractivity contribution in [2.45, 2.75) is 92.4 Å². The van der Waals surface area contributed by atoms with Gasteiger partial charge in [0, 0.05) is 28.5 Å². The van der Waals surface area contributed by atoms with Gasteiger partial charge in [0.05, 0.1) is 28.0 Å². The zero-order valence-electron chi connectivity index (χ0n) is 44.3. The summed E-state index contributed by atoms with van der Waals surface area (Å²) in [5, 5.41) is 12.8. The first kappa shape index (κ1) is 48.8. The van der Waals surface area contributed by atoms with Crippen LogP contribution in [-0.2, 0) is 16.2 Å². The van der Waals surface area contributed by atoms with Crippen molar-refractivity contribution in [1.82, 2.24) is 14.5 Å². The van der Waals surface area contributed by atoms with Gasteiger partial charge < -0.3 is 5.11 Å². The number of hydrogen-bond donors (Lipinski definition) is 1. The molecule has 0 aliphatic heterocycles. The predicted octanol–water partition coefficient (Wildman–Crippen LogP) is 18.7. The Bertz CT molecular complexity index is 3620. The summed E-state index contributed by atoms with van der Waals surface area (Å²) in [6.45, 7) is 25.1. The van der Waals surface area contributed by atoms with E-state index >= 15 is 0 Å². The Hall–Kier alpha value is -7.82. The molecule has 1 N–H and O–H groups in total. The zero-order chi connectivity index (χ0) is 51.5. The Labute approximate surface area is 433 Å². The Morgan fingerprint density at radius 2 is 0.918 bits per heavy atom. The Morgan fingerprint density at radius 3 is 1.53 bits per heavy atom. The fourth-order valence-corrected chi connectivity index (χ4v) is 9.89. The van der Waals surface area contributed by atoms with Crippen molar-refractivity contribution in [2.75, 3.05) is 0 Å². The van der Waals surface area contributed by atoms with Crippen molar-refractivity contribution >= 4 is 11.0 Å². The first-order valence-electron chi connectivity index (χ1n) is 25.7. The van der Waals surface area contributed by atoms with Gasteiger partial charge in [-0.1, -0.05) is 210 Å². The molecule has 4 heteroatoms. The molecule has 0 bridgehead atoms. The number of pyridine rings is 1. The lowest BCUT2D eigenvalue weighted by Gasteiger charge is -2.39. The highest BCUT2D eigenvalue weighted by molar-refractivity contribution is 5.99. The van der Waals surface area contributed by atoms with Gasteiger partial charge in [-0.3, -0.25) is 9.55 Å². The maximum atomic E-state index is 12.8. The summed E-state index contributed by atoms with van der Waals surface area (Å²) in [6, 6.07) is 69.2. The highest BCUT2D eigenvalue weighted by Crippen LogP contribution is 2.47. The second-order valence-corrected chi connectivity index (χ2v) is 23.4. The molecule has 0 aliphatic carbocycles. The smallest absolute Gasteiger partial charge is 0.149 e. The maximum absolute atomic E-state index is 12.8. The molecule has 0 saturated carbocycles. The van der Waals surface area contributed by atoms with Gasteiger partial charge in [0.15, 0.2) is 0 Å². The van der Waals surface area contributed by atoms with Crippen LogP contribution in [0.2, 0.25) is 0 Å². The monoisotopic (exact) mass is 954 g/mol. The van der Waals surface area contributed by atoms with Crippen LogP contribution in [0.3, 0.4) is 0 Å². The van der Waals surface area contributed by atoms with Crippen LogP contribution in [0.5, 0.6) is 5.75 Å². The van der Waals surface area contributed by atoms with Crippen molar-refractivity contribution < 1.29 is 5.11 Å². The van der Waals surface area contributed by atoms with Crippen molar-refractivity contribution in [2.24, 2.45) is 5.41 Å². The molecule has 0 aliphatic rings. The highest BCUT2D eigenvalue weighted by atomic mass is 16.3. The maximum Gasteiger partial charge on any atom is 0.149 e. The molecule has 2 heterocycles. The number of aromatic hydroxyl groups is 1. The molecule has 2 aromatic heterocycles. The molecule has 10 aromatic rings. The molecule has 4 nitrogen and oxygen atoms in total. The number of nitrogens with zero attached hydrogens (tertiary/aromatic N) is 3. The molecule has 0 fully saturated rings. The van der Waals surface area contributed by atoms with Gasteiger partial charge in [-0.05, 0) is 138 Å². The summed E-state index contributed by atoms with van der Waals surface area (Å²) in [7, 11) is 0. The van der Waals surface area contributed by atoms with Crippen LogP contribution in [0.25, 0.3) is 95.0 Å². The van der Waals surface area contributed by atoms with E-state index in [4.69, 9.17) is 9.97 Å². The third kappa shape index (κ3) is 9.43. The van der Waals surface area contributed by atoms with Crippen molar-refractivity contribution in [3.8, 4) is 89.7 Å². The molecule has 8 aromatic carbocycles. The van der Waals surface area contributed by atoms with Crippen LogP contribution in [-0.4, -0.2) is 19.6 Å². The Morgan fingerprint density at radius 1 is 0.384 bits per heavy atom. The summed E-state index contributed by atoms with van der Waals surface area (Å²) in [4.78, 5) is 10.8. The summed E-state index contributed by atoms with van der Waals surface area (Å²) >= 11 is 0. The third-order valence-electron chi connectivity index (χ3n) is 15.4. The van der Waals surface area contributed by atoms with Crippen molar-refractivity contribution in [1.29, 1.82) is 0 Å². The van der Waals surface area contributed by atoms with Gasteiger partial charge in [0.1, 0.15) is 11.6 Å². The number of fused-ring (bicyclic) bond motifs is 1. The topological polar surface area (TPSA) is 50.9 Å². The number of imidazole rings is 1. The quantitative estimate of drug-likeness (QED) is 0.157. The summed E-state index contributed by atoms with van der Waals surface area (Å²) in [5.41, 5.74) is 19.1. The molecule has 73 heavy (non-hydrogen) atoms. The van der Waals surface area contributed by atoms with Gasteiger partial charge in [-0.2, -0.15) is 0 Å². The van der Waals surface area contributed by atoms with Crippen LogP contribution < -0.4 is 0 Å². The molecular formula is C69H67N3O. The number of hydrogen-bond acceptors (Lipinski definition) is 3. The van der Waals surface area contributed by atoms with Crippen LogP contribution in [0.1, 0.15) is 92.9 Å². The van der Waals surface area contributed by atoms with E-state index in [0.717, 1.165) is 89.2 Å². The second-order valence-electron chi connectivity index (χ2n) is 23.4. The van der Waals surface area contributed by atoms with E-state index in [-0.39, 0.29) is 27.4 Å². The molecule has 0 spiro atoms. The largest absolute Gasteiger partial charge is 0.507 e. The van der Waals surface area contributed by atoms with E-state index in [9.17, 15) is 5.11 Å². The number of phenols is 1. The SMILES string of the molecule is CC(C)(C)c1ccc(-n2c(-c3cc(C(C)(C)C)cc(-c4ccccc4)c3O)nc3c(-c4cc(-c5ccccc5)cc(-c5cc(-c6ccc(C(C)(C)C(C)(C)C)cc6)ccn5)c4)cccc32)c(-c2ccccc2)c1. The minimum absolute atomic E-state index is 0.00564. The first-order valence-corrected chi connectivity index (χ1v) is 25.7. The van der Waals surface area contributed by atoms with Crippen LogP contribution in [0.15, 0.2) is 200 Å². The number of aromatic nitrogens is 3. The van der Waals surface area contributed by atoms with E-state index in [1.807, 2.05) is 24.4 Å². The zero-order valence-corrected chi connectivity index (χ0v) is 44.3. The second kappa shape index (κ2) is 18.7. The lowest BCUT2D eigenvalue weighted by atomic mass is 9.65. The molecule has 10 rings (SSSR count). The van der Waals surface area contributed by atoms with Crippen LogP contribution in [0.4, 0.5) is 0 Å². The summed E-state index contributed by atoms with van der Waals surface area (Å²) in [6.07, 6.45) is 1.93. The number of rotatable bonds is 9. The molecule has 0 atom stereocenters. The molecule has 0 saturated heterocycles. The molecule has 0 radical (unpaired) electrons. The van der Waals surface area contributed by atoms with Gasteiger partial charge in [-0.25, -0.2) is 4.98 Å². The Kier molecular flexibility index (Phi) is 12.5. The first-order chi connectivity index (χ1) is 34.8. The summed E-state index contributed by atoms with van der Waals surface area (Å²) in [5.74, 6) is 0.853. The van der Waals surface area contributed by atoms with Crippen LogP contribution >= 0.6 is 0 Å². The fourth-order valence-electron chi connectivity index (χ4n) is 9.89. The average molecular weight is 954 g/mol. The Balaban J connectivity index is 1.23.